The standard InChI is InChI=1S/C24H32NO2.K/c26-24(16-13-20-7-3-1-4-8-20)25-18-17-21-11-14-23(15-12-21)27-19-22-9-5-2-6-10-22;/h2,5-6,9-12,14-15,20,24,26H,1,3-4,7-8,13,16-19H2;/q-1;+1. The van der Waals surface area contributed by atoms with Crippen molar-refractivity contribution in [2.24, 2.45) is 5.92 Å². The number of nitrogens with zero attached hydrogens (tertiary/aromatic N) is 1. The Morgan fingerprint density at radius 3 is 2.36 bits per heavy atom. The van der Waals surface area contributed by atoms with Gasteiger partial charge in [-0.1, -0.05) is 74.6 Å². The quantitative estimate of drug-likeness (QED) is 0.618. The van der Waals surface area contributed by atoms with Crippen LogP contribution in [0.3, 0.4) is 0 Å². The van der Waals surface area contributed by atoms with Crippen LogP contribution < -0.4 is 56.1 Å². The first-order valence-electron chi connectivity index (χ1n) is 10.4. The van der Waals surface area contributed by atoms with Crippen LogP contribution in [0, 0.1) is 5.92 Å². The molecule has 1 N–H and O–H groups in total. The summed E-state index contributed by atoms with van der Waals surface area (Å²) in [6.07, 6.45) is 9.09. The summed E-state index contributed by atoms with van der Waals surface area (Å²) in [5.41, 5.74) is 2.40. The second-order valence-electron chi connectivity index (χ2n) is 7.64. The van der Waals surface area contributed by atoms with E-state index in [1.54, 1.807) is 0 Å². The molecule has 4 heteroatoms. The third kappa shape index (κ3) is 9.08. The number of hydrogen-bond acceptors (Lipinski definition) is 2. The van der Waals surface area contributed by atoms with E-state index < -0.39 is 6.23 Å². The Bertz CT molecular complexity index is 641. The van der Waals surface area contributed by atoms with Crippen LogP contribution in [-0.2, 0) is 13.0 Å². The molecular weight excluding hydrogens is 373 g/mol. The van der Waals surface area contributed by atoms with Gasteiger partial charge in [-0.25, -0.2) is 0 Å². The van der Waals surface area contributed by atoms with Crippen LogP contribution in [0.15, 0.2) is 54.6 Å². The van der Waals surface area contributed by atoms with Crippen LogP contribution in [0.25, 0.3) is 5.32 Å². The zero-order chi connectivity index (χ0) is 18.7. The van der Waals surface area contributed by atoms with Crippen molar-refractivity contribution < 1.29 is 61.2 Å². The molecule has 2 aromatic carbocycles. The smallest absolute Gasteiger partial charge is 0.637 e. The topological polar surface area (TPSA) is 43.6 Å². The molecule has 2 aromatic rings. The molecule has 0 radical (unpaired) electrons. The molecule has 28 heavy (non-hydrogen) atoms. The molecule has 1 aliphatic carbocycles. The molecule has 0 aliphatic heterocycles. The fraction of sp³-hybridized carbons (Fsp3) is 0.500. The van der Waals surface area contributed by atoms with E-state index in [1.165, 1.54) is 43.2 Å². The molecule has 3 rings (SSSR count). The minimum Gasteiger partial charge on any atom is -0.637 e. The number of benzene rings is 2. The van der Waals surface area contributed by atoms with E-state index in [9.17, 15) is 5.11 Å². The van der Waals surface area contributed by atoms with Crippen molar-refractivity contribution in [2.45, 2.75) is 64.2 Å². The summed E-state index contributed by atoms with van der Waals surface area (Å²) < 4.78 is 5.82. The Balaban J connectivity index is 0.00000280. The van der Waals surface area contributed by atoms with Crippen molar-refractivity contribution in [2.75, 3.05) is 6.54 Å². The maximum absolute atomic E-state index is 10.1. The van der Waals surface area contributed by atoms with Crippen molar-refractivity contribution in [1.29, 1.82) is 0 Å². The first-order chi connectivity index (χ1) is 13.3. The minimum atomic E-state index is -0.500. The molecule has 1 unspecified atom stereocenters. The fourth-order valence-corrected chi connectivity index (χ4v) is 3.79. The fourth-order valence-electron chi connectivity index (χ4n) is 3.79. The van der Waals surface area contributed by atoms with Crippen LogP contribution in [-0.4, -0.2) is 17.9 Å². The maximum atomic E-state index is 10.1. The van der Waals surface area contributed by atoms with Gasteiger partial charge in [-0.05, 0) is 54.7 Å². The van der Waals surface area contributed by atoms with E-state index in [-0.39, 0.29) is 51.4 Å². The summed E-state index contributed by atoms with van der Waals surface area (Å²) in [5.74, 6) is 1.69. The Morgan fingerprint density at radius 1 is 0.929 bits per heavy atom. The molecular formula is C24H32KNO2. The summed E-state index contributed by atoms with van der Waals surface area (Å²) in [4.78, 5) is 0. The zero-order valence-electron chi connectivity index (χ0n) is 17.2. The van der Waals surface area contributed by atoms with Crippen LogP contribution >= 0.6 is 0 Å². The third-order valence-electron chi connectivity index (χ3n) is 5.47. The van der Waals surface area contributed by atoms with E-state index in [0.29, 0.717) is 13.2 Å². The second-order valence-corrected chi connectivity index (χ2v) is 7.64. The Morgan fingerprint density at radius 2 is 1.64 bits per heavy atom. The summed E-state index contributed by atoms with van der Waals surface area (Å²) in [6.45, 7) is 1.26. The van der Waals surface area contributed by atoms with Crippen molar-refractivity contribution in [3.63, 3.8) is 0 Å². The molecule has 1 atom stereocenters. The molecule has 1 fully saturated rings. The molecule has 0 heterocycles. The van der Waals surface area contributed by atoms with Gasteiger partial charge in [-0.2, -0.15) is 0 Å². The van der Waals surface area contributed by atoms with Gasteiger partial charge in [-0.3, -0.25) is 0 Å². The van der Waals surface area contributed by atoms with Gasteiger partial charge in [0.1, 0.15) is 12.4 Å². The number of rotatable bonds is 10. The monoisotopic (exact) mass is 405 g/mol. The van der Waals surface area contributed by atoms with Gasteiger partial charge < -0.3 is 15.2 Å². The second kappa shape index (κ2) is 13.9. The summed E-state index contributed by atoms with van der Waals surface area (Å²) >= 11 is 0. The van der Waals surface area contributed by atoms with Crippen molar-refractivity contribution in [3.8, 4) is 5.75 Å². The van der Waals surface area contributed by atoms with Crippen LogP contribution in [0.5, 0.6) is 5.75 Å². The first kappa shape index (κ1) is 24.1. The average molecular weight is 406 g/mol. The minimum absolute atomic E-state index is 0. The van der Waals surface area contributed by atoms with Gasteiger partial charge in [0, 0.05) is 0 Å². The number of aliphatic hydroxyl groups excluding tert-OH is 1. The van der Waals surface area contributed by atoms with Crippen LogP contribution in [0.1, 0.15) is 56.1 Å². The number of hydrogen-bond donors (Lipinski definition) is 1. The van der Waals surface area contributed by atoms with Crippen LogP contribution in [0.4, 0.5) is 0 Å². The van der Waals surface area contributed by atoms with E-state index in [0.717, 1.165) is 30.9 Å². The van der Waals surface area contributed by atoms with Gasteiger partial charge in [0.2, 0.25) is 0 Å². The maximum Gasteiger partial charge on any atom is 1.00 e. The number of ether oxygens (including phenoxy) is 1. The SMILES string of the molecule is OC(CCC1CCCCC1)[N-]CCc1ccc(OCc2ccccc2)cc1.[K+]. The molecule has 0 saturated heterocycles. The first-order valence-corrected chi connectivity index (χ1v) is 10.4. The normalized spacial score (nSPS) is 15.6. The molecule has 146 valence electrons. The van der Waals surface area contributed by atoms with Crippen molar-refractivity contribution in [1.82, 2.24) is 0 Å². The molecule has 0 aromatic heterocycles. The molecule has 3 nitrogen and oxygen atoms in total. The summed E-state index contributed by atoms with van der Waals surface area (Å²) in [5, 5.41) is 14.5. The van der Waals surface area contributed by atoms with Gasteiger partial charge in [0.25, 0.3) is 0 Å². The largest absolute Gasteiger partial charge is 1.00 e. The molecule has 1 aliphatic rings. The Kier molecular flexibility index (Phi) is 12.0. The third-order valence-corrected chi connectivity index (χ3v) is 5.47. The van der Waals surface area contributed by atoms with Crippen molar-refractivity contribution >= 4 is 0 Å². The van der Waals surface area contributed by atoms with E-state index in [1.807, 2.05) is 30.3 Å². The Labute approximate surface area is 212 Å². The predicted molar refractivity (Wildman–Crippen MR) is 111 cm³/mol. The van der Waals surface area contributed by atoms with Gasteiger partial charge >= 0.3 is 51.4 Å². The summed E-state index contributed by atoms with van der Waals surface area (Å²) in [7, 11) is 0. The van der Waals surface area contributed by atoms with E-state index >= 15 is 0 Å². The molecule has 1 saturated carbocycles. The van der Waals surface area contributed by atoms with Gasteiger partial charge in [0.05, 0.1) is 0 Å². The van der Waals surface area contributed by atoms with Crippen molar-refractivity contribution in [3.05, 3.63) is 71.0 Å². The molecule has 0 bridgehead atoms. The van der Waals surface area contributed by atoms with E-state index in [4.69, 9.17) is 4.74 Å². The average Bonchev–Trinajstić information content (AvgIpc) is 2.73. The zero-order valence-corrected chi connectivity index (χ0v) is 20.3. The van der Waals surface area contributed by atoms with Gasteiger partial charge in [-0.15, -0.1) is 6.54 Å². The predicted octanol–water partition coefficient (Wildman–Crippen LogP) is 2.86. The molecule has 0 amide bonds. The van der Waals surface area contributed by atoms with Gasteiger partial charge in [0.15, 0.2) is 0 Å². The molecule has 0 spiro atoms. The van der Waals surface area contributed by atoms with E-state index in [2.05, 4.69) is 29.6 Å². The van der Waals surface area contributed by atoms with Crippen LogP contribution in [0.2, 0.25) is 0 Å². The number of aliphatic hydroxyl groups is 1. The Hall–Kier alpha value is -0.204. The summed E-state index contributed by atoms with van der Waals surface area (Å²) in [6, 6.07) is 18.4.